The van der Waals surface area contributed by atoms with Gasteiger partial charge in [-0.2, -0.15) is 4.98 Å². The Morgan fingerprint density at radius 3 is 2.18 bits per heavy atom. The van der Waals surface area contributed by atoms with Crippen LogP contribution in [-0.4, -0.2) is 96.9 Å². The Balaban J connectivity index is 1.59. The fourth-order valence-electron chi connectivity index (χ4n) is 6.48. The lowest BCUT2D eigenvalue weighted by molar-refractivity contribution is -0.385. The quantitative estimate of drug-likeness (QED) is 0.110. The molecule has 0 spiro atoms. The van der Waals surface area contributed by atoms with Gasteiger partial charge in [-0.15, -0.1) is 5.10 Å². The number of ether oxygens (including phenoxy) is 7. The first-order chi connectivity index (χ1) is 26.5. The first-order valence-electron chi connectivity index (χ1n) is 17.1. The van der Waals surface area contributed by atoms with Crippen LogP contribution in [0.1, 0.15) is 76.3 Å². The number of carbonyl (C=O) groups is 5. The molecule has 0 bridgehead atoms. The summed E-state index contributed by atoms with van der Waals surface area (Å²) in [7, 11) is 0. The molecule has 56 heavy (non-hydrogen) atoms. The molecule has 1 aromatic carbocycles. The summed E-state index contributed by atoms with van der Waals surface area (Å²) in [6, 6.07) is 5.65. The Hall–Kier alpha value is -6.51. The molecule has 1 saturated heterocycles. The van der Waals surface area contributed by atoms with Crippen molar-refractivity contribution in [3.8, 4) is 5.88 Å². The van der Waals surface area contributed by atoms with Gasteiger partial charge in [0.15, 0.2) is 24.5 Å². The van der Waals surface area contributed by atoms with Gasteiger partial charge in [-0.25, -0.2) is 9.48 Å². The maximum absolute atomic E-state index is 14.5. The van der Waals surface area contributed by atoms with E-state index in [9.17, 15) is 38.9 Å². The van der Waals surface area contributed by atoms with Crippen LogP contribution in [0.25, 0.3) is 0 Å². The average molecular weight is 783 g/mol. The van der Waals surface area contributed by atoms with Crippen molar-refractivity contribution in [1.29, 1.82) is 0 Å². The third-order valence-corrected chi connectivity index (χ3v) is 8.61. The van der Waals surface area contributed by atoms with E-state index >= 15 is 0 Å². The van der Waals surface area contributed by atoms with Crippen molar-refractivity contribution in [2.75, 3.05) is 13.2 Å². The van der Waals surface area contributed by atoms with E-state index in [4.69, 9.17) is 33.2 Å². The largest absolute Gasteiger partial charge is 0.463 e. The lowest BCUT2D eigenvalue weighted by Gasteiger charge is -2.44. The fraction of sp³-hybridized carbons (Fsp3) is 0.457. The molecular weight excluding hydrogens is 744 g/mol. The summed E-state index contributed by atoms with van der Waals surface area (Å²) in [6.07, 6.45) is -5.74. The number of carbonyl (C=O) groups excluding carboxylic acids is 5. The van der Waals surface area contributed by atoms with Crippen molar-refractivity contribution >= 4 is 35.5 Å². The van der Waals surface area contributed by atoms with Crippen LogP contribution < -0.4 is 10.3 Å². The Labute approximate surface area is 317 Å². The SMILES string of the molecule is CCOC(=O)C1=C(C)Oc2nc(C)n(Cc3cn([C@@H]4O[C@H](COC(C)=O)[C@@H](OC(C)=O)[C@H](OC(C)=O)[C@H]4OC(C)=O)nn3)c(=O)c2C1c1ccccc1[N+](=O)[O-]. The molecule has 21 heteroatoms. The predicted octanol–water partition coefficient (Wildman–Crippen LogP) is 1.72. The Morgan fingerprint density at radius 1 is 0.911 bits per heavy atom. The van der Waals surface area contributed by atoms with Gasteiger partial charge in [0.2, 0.25) is 5.88 Å². The summed E-state index contributed by atoms with van der Waals surface area (Å²) in [5.41, 5.74) is -1.26. The van der Waals surface area contributed by atoms with E-state index in [0.29, 0.717) is 0 Å². The van der Waals surface area contributed by atoms with Gasteiger partial charge in [-0.1, -0.05) is 23.4 Å². The van der Waals surface area contributed by atoms with Crippen molar-refractivity contribution in [2.45, 2.75) is 91.6 Å². The number of fused-ring (bicyclic) bond motifs is 1. The molecule has 2 aliphatic heterocycles. The zero-order valence-electron chi connectivity index (χ0n) is 31.3. The molecule has 0 aliphatic carbocycles. The number of nitrogens with zero attached hydrogens (tertiary/aromatic N) is 6. The minimum absolute atomic E-state index is 0.0216. The van der Waals surface area contributed by atoms with E-state index in [1.807, 2.05) is 0 Å². The van der Waals surface area contributed by atoms with E-state index in [-0.39, 0.29) is 58.7 Å². The Kier molecular flexibility index (Phi) is 12.3. The number of nitro benzene ring substituents is 1. The molecule has 4 heterocycles. The van der Waals surface area contributed by atoms with Crippen molar-refractivity contribution in [3.63, 3.8) is 0 Å². The molecule has 3 aromatic rings. The number of para-hydroxylation sites is 1. The van der Waals surface area contributed by atoms with Crippen LogP contribution in [0, 0.1) is 17.0 Å². The number of nitro groups is 1. The molecule has 0 radical (unpaired) electrons. The molecule has 5 rings (SSSR count). The zero-order valence-corrected chi connectivity index (χ0v) is 31.3. The molecule has 0 N–H and O–H groups in total. The van der Waals surface area contributed by atoms with E-state index in [2.05, 4.69) is 15.3 Å². The summed E-state index contributed by atoms with van der Waals surface area (Å²) in [6.45, 7) is 8.14. The molecule has 1 unspecified atom stereocenters. The van der Waals surface area contributed by atoms with Gasteiger partial charge in [0.25, 0.3) is 11.2 Å². The number of allylic oxidation sites excluding steroid dienone is 1. The van der Waals surface area contributed by atoms with Gasteiger partial charge in [-0.3, -0.25) is 38.7 Å². The highest BCUT2D eigenvalue weighted by molar-refractivity contribution is 5.93. The maximum Gasteiger partial charge on any atom is 0.338 e. The summed E-state index contributed by atoms with van der Waals surface area (Å²) in [5, 5.41) is 20.4. The number of aryl methyl sites for hydroxylation is 1. The number of esters is 5. The minimum atomic E-state index is -1.49. The molecule has 2 aliphatic rings. The van der Waals surface area contributed by atoms with Gasteiger partial charge in [0.1, 0.15) is 30.0 Å². The molecule has 2 aromatic heterocycles. The molecule has 21 nitrogen and oxygen atoms in total. The van der Waals surface area contributed by atoms with Gasteiger partial charge in [0.05, 0.1) is 41.3 Å². The maximum atomic E-state index is 14.5. The average Bonchev–Trinajstić information content (AvgIpc) is 3.58. The minimum Gasteiger partial charge on any atom is -0.463 e. The standard InChI is InChI=1S/C35H38N6O15/c1-8-50-35(47)26-16(2)52-32-28(27(26)23-11-9-10-12-24(23)41(48)49)33(46)39(17(3)36-32)13-22-14-40(38-37-22)34-31(55-21(7)45)30(54-20(6)44)29(53-19(5)43)25(56-34)15-51-18(4)42/h9-12,14,25,27,29-31,34H,8,13,15H2,1-7H3/t25-,27?,29-,30+,31-,34-/m1/s1. The monoisotopic (exact) mass is 782 g/mol. The molecule has 0 saturated carbocycles. The number of hydrogen-bond acceptors (Lipinski definition) is 18. The smallest absolute Gasteiger partial charge is 0.338 e. The second-order valence-electron chi connectivity index (χ2n) is 12.6. The summed E-state index contributed by atoms with van der Waals surface area (Å²) in [4.78, 5) is 92.3. The van der Waals surface area contributed by atoms with Crippen molar-refractivity contribution in [3.05, 3.63) is 84.9 Å². The topological polar surface area (TPSA) is 259 Å². The highest BCUT2D eigenvalue weighted by Gasteiger charge is 2.53. The third kappa shape index (κ3) is 8.56. The van der Waals surface area contributed by atoms with Gasteiger partial charge < -0.3 is 33.2 Å². The number of aromatic nitrogens is 5. The van der Waals surface area contributed by atoms with E-state index in [0.717, 1.165) is 32.4 Å². The number of benzene rings is 1. The van der Waals surface area contributed by atoms with E-state index < -0.39 is 83.5 Å². The van der Waals surface area contributed by atoms with Gasteiger partial charge >= 0.3 is 29.8 Å². The first kappa shape index (κ1) is 40.7. The van der Waals surface area contributed by atoms with Crippen molar-refractivity contribution in [2.24, 2.45) is 0 Å². The number of rotatable bonds is 12. The molecule has 1 fully saturated rings. The lowest BCUT2D eigenvalue weighted by atomic mass is 9.82. The molecule has 0 amide bonds. The van der Waals surface area contributed by atoms with Crippen LogP contribution in [0.2, 0.25) is 0 Å². The highest BCUT2D eigenvalue weighted by Crippen LogP contribution is 2.44. The third-order valence-electron chi connectivity index (χ3n) is 8.61. The fourth-order valence-corrected chi connectivity index (χ4v) is 6.48. The van der Waals surface area contributed by atoms with Gasteiger partial charge in [-0.05, 0) is 20.8 Å². The van der Waals surface area contributed by atoms with Crippen LogP contribution >= 0.6 is 0 Å². The number of hydrogen-bond donors (Lipinski definition) is 0. The van der Waals surface area contributed by atoms with Crippen LogP contribution in [0.5, 0.6) is 5.88 Å². The Bertz CT molecular complexity index is 2160. The van der Waals surface area contributed by atoms with Gasteiger partial charge in [0, 0.05) is 39.3 Å². The van der Waals surface area contributed by atoms with E-state index in [1.54, 1.807) is 6.92 Å². The zero-order chi connectivity index (χ0) is 41.0. The summed E-state index contributed by atoms with van der Waals surface area (Å²) >= 11 is 0. The van der Waals surface area contributed by atoms with Crippen LogP contribution in [0.3, 0.4) is 0 Å². The summed E-state index contributed by atoms with van der Waals surface area (Å²) < 4.78 is 41.1. The van der Waals surface area contributed by atoms with Crippen LogP contribution in [-0.2, 0) is 58.9 Å². The Morgan fingerprint density at radius 2 is 1.55 bits per heavy atom. The first-order valence-corrected chi connectivity index (χ1v) is 17.1. The van der Waals surface area contributed by atoms with Crippen LogP contribution in [0.4, 0.5) is 5.69 Å². The lowest BCUT2D eigenvalue weighted by Crippen LogP contribution is -2.60. The highest BCUT2D eigenvalue weighted by atomic mass is 16.7. The molecular formula is C35H38N6O15. The van der Waals surface area contributed by atoms with Crippen molar-refractivity contribution < 1.29 is 62.1 Å². The van der Waals surface area contributed by atoms with E-state index in [1.165, 1.54) is 48.9 Å². The van der Waals surface area contributed by atoms with Crippen LogP contribution in [0.15, 0.2) is 46.6 Å². The summed E-state index contributed by atoms with van der Waals surface area (Å²) in [5.74, 6) is -5.33. The second kappa shape index (κ2) is 16.9. The molecule has 6 atom stereocenters. The predicted molar refractivity (Wildman–Crippen MR) is 184 cm³/mol. The second-order valence-corrected chi connectivity index (χ2v) is 12.6. The van der Waals surface area contributed by atoms with Crippen molar-refractivity contribution in [1.82, 2.24) is 24.5 Å². The normalized spacial score (nSPS) is 21.6. The molecule has 298 valence electrons.